The van der Waals surface area contributed by atoms with E-state index in [-0.39, 0.29) is 0 Å². The molecule has 3 nitrogen and oxygen atoms in total. The number of pyridine rings is 1. The number of aromatic nitrogens is 1. The summed E-state index contributed by atoms with van der Waals surface area (Å²) in [6.45, 7) is 8.32. The summed E-state index contributed by atoms with van der Waals surface area (Å²) in [5, 5.41) is 3.25. The lowest BCUT2D eigenvalue weighted by molar-refractivity contribution is 0.307. The molecule has 0 aliphatic heterocycles. The maximum absolute atomic E-state index is 4.01. The first-order valence-corrected chi connectivity index (χ1v) is 6.47. The van der Waals surface area contributed by atoms with E-state index in [1.165, 1.54) is 12.0 Å². The molecule has 0 saturated heterocycles. The molecule has 1 heterocycles. The molecule has 1 aromatic rings. The first-order valence-electron chi connectivity index (χ1n) is 6.47. The Morgan fingerprint density at radius 1 is 1.29 bits per heavy atom. The molecular formula is C14H27N3. The van der Waals surface area contributed by atoms with Crippen LogP contribution in [0.3, 0.4) is 0 Å². The van der Waals surface area contributed by atoms with Crippen LogP contribution in [0.1, 0.15) is 32.8 Å². The summed E-state index contributed by atoms with van der Waals surface area (Å²) in [7, 11) is 4.16. The molecule has 98 valence electrons. The van der Waals surface area contributed by atoms with E-state index in [9.17, 15) is 0 Å². The van der Waals surface area contributed by atoms with Crippen molar-refractivity contribution in [3.8, 4) is 0 Å². The molecule has 0 aliphatic carbocycles. The van der Waals surface area contributed by atoms with Crippen molar-refractivity contribution in [3.63, 3.8) is 0 Å². The fourth-order valence-electron chi connectivity index (χ4n) is 1.44. The molecule has 3 heteroatoms. The van der Waals surface area contributed by atoms with E-state index < -0.39 is 0 Å². The Labute approximate surface area is 106 Å². The molecule has 1 aromatic heterocycles. The van der Waals surface area contributed by atoms with Crippen molar-refractivity contribution in [1.82, 2.24) is 15.2 Å². The highest BCUT2D eigenvalue weighted by atomic mass is 15.1. The summed E-state index contributed by atoms with van der Waals surface area (Å²) in [4.78, 5) is 6.35. The second-order valence-electron chi connectivity index (χ2n) is 4.07. The van der Waals surface area contributed by atoms with Gasteiger partial charge in [-0.2, -0.15) is 0 Å². The highest BCUT2D eigenvalue weighted by Gasteiger charge is 2.02. The van der Waals surface area contributed by atoms with E-state index in [1.54, 1.807) is 0 Å². The van der Waals surface area contributed by atoms with E-state index in [1.807, 2.05) is 33.3 Å². The highest BCUT2D eigenvalue weighted by molar-refractivity contribution is 5.09. The average Bonchev–Trinajstić information content (AvgIpc) is 2.39. The first-order chi connectivity index (χ1) is 8.22. The highest BCUT2D eigenvalue weighted by Crippen LogP contribution is 2.02. The molecule has 0 aliphatic rings. The van der Waals surface area contributed by atoms with Crippen LogP contribution in [0.15, 0.2) is 24.5 Å². The van der Waals surface area contributed by atoms with Gasteiger partial charge >= 0.3 is 0 Å². The van der Waals surface area contributed by atoms with Gasteiger partial charge in [0.15, 0.2) is 0 Å². The van der Waals surface area contributed by atoms with Gasteiger partial charge in [0.05, 0.1) is 0 Å². The maximum atomic E-state index is 4.01. The Morgan fingerprint density at radius 3 is 2.41 bits per heavy atom. The Hall–Kier alpha value is -0.930. The number of hydrogen-bond acceptors (Lipinski definition) is 3. The second-order valence-corrected chi connectivity index (χ2v) is 4.07. The Bertz CT molecular complexity index is 261. The maximum Gasteiger partial charge on any atom is 0.0271 e. The number of nitrogens with zero attached hydrogens (tertiary/aromatic N) is 2. The molecule has 0 fully saturated rings. The van der Waals surface area contributed by atoms with Crippen molar-refractivity contribution in [2.45, 2.75) is 39.8 Å². The molecule has 0 saturated carbocycles. The van der Waals surface area contributed by atoms with E-state index in [0.717, 1.165) is 13.1 Å². The number of nitrogens with one attached hydrogen (secondary N) is 1. The molecule has 17 heavy (non-hydrogen) atoms. The topological polar surface area (TPSA) is 28.2 Å². The normalized spacial score (nSPS) is 11.9. The van der Waals surface area contributed by atoms with Crippen LogP contribution >= 0.6 is 0 Å². The Balaban J connectivity index is 0.00000121. The third-order valence-electron chi connectivity index (χ3n) is 2.64. The van der Waals surface area contributed by atoms with Crippen LogP contribution < -0.4 is 5.32 Å². The van der Waals surface area contributed by atoms with Crippen molar-refractivity contribution in [3.05, 3.63) is 30.1 Å². The standard InChI is InChI=1S/C12H21N3.C2H6/c1-11(13-2)6-9-15(3)10-12-4-7-14-8-5-12;1-2/h4-5,7-8,11,13H,6,9-10H2,1-3H3;1-2H3. The van der Waals surface area contributed by atoms with Crippen molar-refractivity contribution >= 4 is 0 Å². The smallest absolute Gasteiger partial charge is 0.0271 e. The Morgan fingerprint density at radius 2 is 1.88 bits per heavy atom. The van der Waals surface area contributed by atoms with Crippen LogP contribution in [-0.2, 0) is 6.54 Å². The van der Waals surface area contributed by atoms with Gasteiger partial charge in [-0.25, -0.2) is 0 Å². The zero-order valence-electron chi connectivity index (χ0n) is 11.9. The Kier molecular flexibility index (Phi) is 9.68. The lowest BCUT2D eigenvalue weighted by Gasteiger charge is -2.19. The molecular weight excluding hydrogens is 210 g/mol. The quantitative estimate of drug-likeness (QED) is 0.824. The summed E-state index contributed by atoms with van der Waals surface area (Å²) in [5.74, 6) is 0. The molecule has 1 rings (SSSR count). The van der Waals surface area contributed by atoms with Crippen LogP contribution in [0.2, 0.25) is 0 Å². The molecule has 0 bridgehead atoms. The minimum atomic E-state index is 0.588. The minimum Gasteiger partial charge on any atom is -0.317 e. The largest absolute Gasteiger partial charge is 0.317 e. The summed E-state index contributed by atoms with van der Waals surface area (Å²) in [6.07, 6.45) is 4.87. The molecule has 1 unspecified atom stereocenters. The van der Waals surface area contributed by atoms with Crippen LogP contribution in [0.5, 0.6) is 0 Å². The predicted molar refractivity (Wildman–Crippen MR) is 75.1 cm³/mol. The van der Waals surface area contributed by atoms with E-state index in [0.29, 0.717) is 6.04 Å². The zero-order valence-corrected chi connectivity index (χ0v) is 11.9. The molecule has 1 N–H and O–H groups in total. The predicted octanol–water partition coefficient (Wildman–Crippen LogP) is 2.54. The van der Waals surface area contributed by atoms with Gasteiger partial charge in [-0.05, 0) is 51.7 Å². The van der Waals surface area contributed by atoms with Gasteiger partial charge in [0.25, 0.3) is 0 Å². The average molecular weight is 237 g/mol. The third kappa shape index (κ3) is 7.88. The molecule has 1 atom stereocenters. The van der Waals surface area contributed by atoms with Crippen LogP contribution in [-0.4, -0.2) is 36.6 Å². The first kappa shape index (κ1) is 16.1. The molecule has 0 spiro atoms. The van der Waals surface area contributed by atoms with Gasteiger partial charge in [-0.1, -0.05) is 13.8 Å². The molecule has 0 amide bonds. The third-order valence-corrected chi connectivity index (χ3v) is 2.64. The SMILES string of the molecule is CC.CNC(C)CCN(C)Cc1ccncc1. The lowest BCUT2D eigenvalue weighted by atomic mass is 10.2. The molecule has 0 aromatic carbocycles. The van der Waals surface area contributed by atoms with Gasteiger partial charge in [-0.15, -0.1) is 0 Å². The van der Waals surface area contributed by atoms with Gasteiger partial charge in [0, 0.05) is 25.0 Å². The van der Waals surface area contributed by atoms with E-state index in [2.05, 4.69) is 41.3 Å². The van der Waals surface area contributed by atoms with Gasteiger partial charge in [-0.3, -0.25) is 4.98 Å². The number of hydrogen-bond donors (Lipinski definition) is 1. The monoisotopic (exact) mass is 237 g/mol. The van der Waals surface area contributed by atoms with Crippen LogP contribution in [0.25, 0.3) is 0 Å². The van der Waals surface area contributed by atoms with Crippen molar-refractivity contribution in [2.75, 3.05) is 20.6 Å². The fourth-order valence-corrected chi connectivity index (χ4v) is 1.44. The van der Waals surface area contributed by atoms with E-state index >= 15 is 0 Å². The van der Waals surface area contributed by atoms with Gasteiger partial charge in [0.1, 0.15) is 0 Å². The lowest BCUT2D eigenvalue weighted by Crippen LogP contribution is -2.28. The fraction of sp³-hybridized carbons (Fsp3) is 0.643. The van der Waals surface area contributed by atoms with Gasteiger partial charge in [0.2, 0.25) is 0 Å². The zero-order chi connectivity index (χ0) is 13.1. The second kappa shape index (κ2) is 10.2. The van der Waals surface area contributed by atoms with E-state index in [4.69, 9.17) is 0 Å². The summed E-state index contributed by atoms with van der Waals surface area (Å²) < 4.78 is 0. The van der Waals surface area contributed by atoms with Crippen LogP contribution in [0.4, 0.5) is 0 Å². The van der Waals surface area contributed by atoms with Crippen molar-refractivity contribution < 1.29 is 0 Å². The van der Waals surface area contributed by atoms with Crippen molar-refractivity contribution in [2.24, 2.45) is 0 Å². The summed E-state index contributed by atoms with van der Waals surface area (Å²) >= 11 is 0. The minimum absolute atomic E-state index is 0.588. The van der Waals surface area contributed by atoms with Crippen molar-refractivity contribution in [1.29, 1.82) is 0 Å². The van der Waals surface area contributed by atoms with Crippen LogP contribution in [0, 0.1) is 0 Å². The summed E-state index contributed by atoms with van der Waals surface area (Å²) in [5.41, 5.74) is 1.32. The number of rotatable bonds is 6. The van der Waals surface area contributed by atoms with Gasteiger partial charge < -0.3 is 10.2 Å². The molecule has 0 radical (unpaired) electrons. The summed E-state index contributed by atoms with van der Waals surface area (Å²) in [6, 6.07) is 4.72.